The van der Waals surface area contributed by atoms with Gasteiger partial charge in [-0.2, -0.15) is 1.33 Å². The van der Waals surface area contributed by atoms with Crippen molar-refractivity contribution in [2.45, 2.75) is 20.8 Å². The summed E-state index contributed by atoms with van der Waals surface area (Å²) < 4.78 is 1.79. The normalized spacial score (nSPS) is 9.62. The molecule has 0 atom stereocenters. The first-order valence-corrected chi connectivity index (χ1v) is 6.60. The van der Waals surface area contributed by atoms with E-state index in [1.807, 2.05) is 19.9 Å². The van der Waals surface area contributed by atoms with E-state index in [1.165, 1.54) is 5.56 Å². The SMILES string of the molecule is CC(=O)CN(I)I.Cc1ccc(O)cc1C. The molecule has 1 aromatic carbocycles. The molecule has 1 N–H and O–H groups in total. The predicted molar refractivity (Wildman–Crippen MR) is 83.0 cm³/mol. The Morgan fingerprint density at radius 3 is 2.12 bits per heavy atom. The van der Waals surface area contributed by atoms with E-state index in [4.69, 9.17) is 5.11 Å². The third-order valence-electron chi connectivity index (χ3n) is 1.83. The smallest absolute Gasteiger partial charge is 0.145 e. The lowest BCUT2D eigenvalue weighted by atomic mass is 10.1. The average Bonchev–Trinajstić information content (AvgIpc) is 2.10. The topological polar surface area (TPSA) is 40.5 Å². The molecule has 0 aliphatic rings. The molecule has 0 saturated carbocycles. The monoisotopic (exact) mass is 447 g/mol. The van der Waals surface area contributed by atoms with Crippen LogP contribution in [-0.4, -0.2) is 18.8 Å². The van der Waals surface area contributed by atoms with Crippen LogP contribution >= 0.6 is 45.7 Å². The van der Waals surface area contributed by atoms with Gasteiger partial charge in [-0.15, -0.1) is 0 Å². The molecule has 0 aromatic heterocycles. The van der Waals surface area contributed by atoms with E-state index in [9.17, 15) is 4.79 Å². The highest BCUT2D eigenvalue weighted by atomic mass is 127. The summed E-state index contributed by atoms with van der Waals surface area (Å²) in [6, 6.07) is 5.36. The van der Waals surface area contributed by atoms with Crippen LogP contribution in [0.4, 0.5) is 0 Å². The van der Waals surface area contributed by atoms with E-state index >= 15 is 0 Å². The van der Waals surface area contributed by atoms with Gasteiger partial charge in [0, 0.05) is 45.7 Å². The molecule has 1 aromatic rings. The lowest BCUT2D eigenvalue weighted by Gasteiger charge is -1.97. The van der Waals surface area contributed by atoms with Crippen molar-refractivity contribution in [1.82, 2.24) is 1.33 Å². The van der Waals surface area contributed by atoms with Gasteiger partial charge in [0.15, 0.2) is 0 Å². The van der Waals surface area contributed by atoms with Gasteiger partial charge in [0.25, 0.3) is 0 Å². The number of Topliss-reactive ketones (excluding diaryl/α,β-unsaturated/α-hetero) is 1. The zero-order chi connectivity index (χ0) is 12.7. The fourth-order valence-electron chi connectivity index (χ4n) is 0.894. The molecule has 90 valence electrons. The van der Waals surface area contributed by atoms with Gasteiger partial charge in [0.1, 0.15) is 11.5 Å². The number of halogens is 2. The molecule has 0 bridgehead atoms. The molecule has 16 heavy (non-hydrogen) atoms. The lowest BCUT2D eigenvalue weighted by molar-refractivity contribution is -0.116. The van der Waals surface area contributed by atoms with E-state index < -0.39 is 0 Å². The van der Waals surface area contributed by atoms with Crippen LogP contribution in [-0.2, 0) is 4.79 Å². The van der Waals surface area contributed by atoms with Gasteiger partial charge in [-0.3, -0.25) is 4.79 Å². The second-order valence-electron chi connectivity index (χ2n) is 3.43. The highest BCUT2D eigenvalue weighted by molar-refractivity contribution is 14.2. The molecule has 0 unspecified atom stereocenters. The van der Waals surface area contributed by atoms with Crippen molar-refractivity contribution in [3.63, 3.8) is 0 Å². The summed E-state index contributed by atoms with van der Waals surface area (Å²) in [5.41, 5.74) is 2.35. The Morgan fingerprint density at radius 1 is 1.31 bits per heavy atom. The van der Waals surface area contributed by atoms with E-state index in [2.05, 4.69) is 45.7 Å². The van der Waals surface area contributed by atoms with Crippen LogP contribution in [0.2, 0.25) is 0 Å². The average molecular weight is 447 g/mol. The first kappa shape index (κ1) is 16.1. The number of phenolic OH excluding ortho intramolecular Hbond substituents is 1. The quantitative estimate of drug-likeness (QED) is 0.557. The zero-order valence-electron chi connectivity index (χ0n) is 9.50. The minimum absolute atomic E-state index is 0.198. The van der Waals surface area contributed by atoms with E-state index in [0.29, 0.717) is 12.3 Å². The van der Waals surface area contributed by atoms with Crippen LogP contribution in [0.3, 0.4) is 0 Å². The number of aryl methyl sites for hydroxylation is 2. The lowest BCUT2D eigenvalue weighted by Crippen LogP contribution is -2.07. The summed E-state index contributed by atoms with van der Waals surface area (Å²) in [4.78, 5) is 10.2. The van der Waals surface area contributed by atoms with Crippen molar-refractivity contribution in [3.05, 3.63) is 29.3 Å². The number of carbonyl (C=O) groups excluding carboxylic acids is 1. The summed E-state index contributed by atoms with van der Waals surface area (Å²) in [6.07, 6.45) is 0. The van der Waals surface area contributed by atoms with Crippen LogP contribution in [0.5, 0.6) is 5.75 Å². The first-order chi connectivity index (χ1) is 7.32. The van der Waals surface area contributed by atoms with Crippen molar-refractivity contribution >= 4 is 51.5 Å². The number of phenols is 1. The Hall–Kier alpha value is 0.110. The molecule has 0 fully saturated rings. The Bertz CT molecular complexity index is 354. The maximum absolute atomic E-state index is 10.2. The van der Waals surface area contributed by atoms with Gasteiger partial charge in [0.05, 0.1) is 6.54 Å². The van der Waals surface area contributed by atoms with E-state index in [-0.39, 0.29) is 5.78 Å². The number of hydrogen-bond donors (Lipinski definition) is 1. The van der Waals surface area contributed by atoms with Gasteiger partial charge in [-0.05, 0) is 44.0 Å². The fourth-order valence-corrected chi connectivity index (χ4v) is 1.85. The number of benzene rings is 1. The Morgan fingerprint density at radius 2 is 1.88 bits per heavy atom. The molecule has 0 saturated heterocycles. The van der Waals surface area contributed by atoms with Crippen LogP contribution < -0.4 is 0 Å². The van der Waals surface area contributed by atoms with Crippen molar-refractivity contribution in [2.24, 2.45) is 0 Å². The number of aromatic hydroxyl groups is 1. The second-order valence-corrected chi connectivity index (χ2v) is 7.61. The first-order valence-electron chi connectivity index (χ1n) is 4.67. The van der Waals surface area contributed by atoms with Crippen molar-refractivity contribution in [1.29, 1.82) is 0 Å². The third-order valence-corrected chi connectivity index (χ3v) is 2.51. The molecule has 0 aliphatic heterocycles. The summed E-state index contributed by atoms with van der Waals surface area (Å²) in [7, 11) is 0. The predicted octanol–water partition coefficient (Wildman–Crippen LogP) is 3.59. The third kappa shape index (κ3) is 8.28. The molecule has 5 heteroatoms. The molecule has 0 aliphatic carbocycles. The van der Waals surface area contributed by atoms with E-state index in [1.54, 1.807) is 20.4 Å². The molecule has 0 amide bonds. The van der Waals surface area contributed by atoms with E-state index in [0.717, 1.165) is 5.56 Å². The number of hydrogen-bond acceptors (Lipinski definition) is 3. The van der Waals surface area contributed by atoms with Crippen LogP contribution in [0.1, 0.15) is 18.1 Å². The number of rotatable bonds is 2. The van der Waals surface area contributed by atoms with Gasteiger partial charge in [-0.1, -0.05) is 6.07 Å². The maximum Gasteiger partial charge on any atom is 0.145 e. The number of ketones is 1. The maximum atomic E-state index is 10.2. The second kappa shape index (κ2) is 8.24. The zero-order valence-corrected chi connectivity index (χ0v) is 13.8. The summed E-state index contributed by atoms with van der Waals surface area (Å²) in [6.45, 7) is 6.11. The van der Waals surface area contributed by atoms with Crippen LogP contribution in [0.15, 0.2) is 18.2 Å². The summed E-state index contributed by atoms with van der Waals surface area (Å²) >= 11 is 4.11. The molecular weight excluding hydrogens is 432 g/mol. The minimum Gasteiger partial charge on any atom is -0.508 e. The highest BCUT2D eigenvalue weighted by Gasteiger charge is 1.95. The highest BCUT2D eigenvalue weighted by Crippen LogP contribution is 2.13. The molecule has 0 heterocycles. The summed E-state index contributed by atoms with van der Waals surface area (Å²) in [5, 5.41) is 8.94. The standard InChI is InChI=1S/C8H10O.C3H5I2NO/c1-6-3-4-8(9)5-7(6)2;1-3(7)2-6(4)5/h3-5,9H,1-2H3;2H2,1H3. The summed E-state index contributed by atoms with van der Waals surface area (Å²) in [5.74, 6) is 0.543. The molecule has 0 radical (unpaired) electrons. The Labute approximate surface area is 124 Å². The minimum atomic E-state index is 0.198. The molecule has 3 nitrogen and oxygen atoms in total. The fraction of sp³-hybridized carbons (Fsp3) is 0.364. The van der Waals surface area contributed by atoms with Gasteiger partial charge in [0.2, 0.25) is 0 Å². The Balaban J connectivity index is 0.000000293. The Kier molecular flexibility index (Phi) is 8.29. The molecule has 0 spiro atoms. The van der Waals surface area contributed by atoms with Gasteiger partial charge in [-0.25, -0.2) is 0 Å². The van der Waals surface area contributed by atoms with Crippen molar-refractivity contribution in [3.8, 4) is 5.75 Å². The number of carbonyl (C=O) groups is 1. The largest absolute Gasteiger partial charge is 0.508 e. The van der Waals surface area contributed by atoms with Gasteiger partial charge < -0.3 is 5.11 Å². The number of nitrogens with zero attached hydrogens (tertiary/aromatic N) is 1. The molecular formula is C11H15I2NO2. The van der Waals surface area contributed by atoms with Crippen molar-refractivity contribution in [2.75, 3.05) is 6.54 Å². The van der Waals surface area contributed by atoms with Crippen LogP contribution in [0.25, 0.3) is 0 Å². The van der Waals surface area contributed by atoms with Gasteiger partial charge >= 0.3 is 0 Å². The van der Waals surface area contributed by atoms with Crippen LogP contribution in [0, 0.1) is 13.8 Å². The molecule has 1 rings (SSSR count). The van der Waals surface area contributed by atoms with Crippen molar-refractivity contribution < 1.29 is 9.90 Å².